The lowest BCUT2D eigenvalue weighted by Gasteiger charge is -2.11. The minimum Gasteiger partial charge on any atom is -0.507 e. The predicted octanol–water partition coefficient (Wildman–Crippen LogP) is 2.20. The van der Waals surface area contributed by atoms with Crippen molar-refractivity contribution in [1.82, 2.24) is 0 Å². The second kappa shape index (κ2) is 5.98. The number of aromatic carboxylic acids is 1. The summed E-state index contributed by atoms with van der Waals surface area (Å²) in [6.07, 6.45) is 0.179. The Labute approximate surface area is 134 Å². The molecule has 0 aromatic heterocycles. The molecule has 8 heteroatoms. The van der Waals surface area contributed by atoms with Crippen LogP contribution < -0.4 is 0 Å². The van der Waals surface area contributed by atoms with Crippen molar-refractivity contribution in [1.29, 1.82) is 0 Å². The van der Waals surface area contributed by atoms with E-state index < -0.39 is 51.3 Å². The topological polar surface area (TPSA) is 132 Å². The highest BCUT2D eigenvalue weighted by molar-refractivity contribution is 6.33. The highest BCUT2D eigenvalue weighted by atomic mass is 35.5. The summed E-state index contributed by atoms with van der Waals surface area (Å²) in [4.78, 5) is 34.5. The van der Waals surface area contributed by atoms with Gasteiger partial charge in [-0.15, -0.1) is 0 Å². The molecule has 2 rings (SSSR count). The number of aromatic hydroxyl groups is 3. The van der Waals surface area contributed by atoms with Gasteiger partial charge in [-0.1, -0.05) is 11.6 Å². The molecule has 0 fully saturated rings. The molecule has 23 heavy (non-hydrogen) atoms. The van der Waals surface area contributed by atoms with E-state index in [0.717, 1.165) is 24.3 Å². The van der Waals surface area contributed by atoms with Crippen molar-refractivity contribution in [2.24, 2.45) is 0 Å². The van der Waals surface area contributed by atoms with Crippen LogP contribution in [-0.2, 0) is 0 Å². The molecule has 0 aliphatic carbocycles. The Morgan fingerprint density at radius 3 is 2.22 bits per heavy atom. The molecular weight excluding hydrogens is 328 g/mol. The van der Waals surface area contributed by atoms with Gasteiger partial charge in [-0.25, -0.2) is 4.79 Å². The monoisotopic (exact) mass is 336 g/mol. The van der Waals surface area contributed by atoms with E-state index in [1.54, 1.807) is 0 Å². The van der Waals surface area contributed by atoms with Crippen LogP contribution in [0.5, 0.6) is 17.2 Å². The summed E-state index contributed by atoms with van der Waals surface area (Å²) in [5.41, 5.74) is -1.98. The summed E-state index contributed by atoms with van der Waals surface area (Å²) >= 11 is 5.67. The highest BCUT2D eigenvalue weighted by Crippen LogP contribution is 2.37. The Balaban J connectivity index is 2.72. The number of hydrogen-bond acceptors (Lipinski definition) is 6. The SMILES string of the molecule is O=Cc1cc(C(=O)O)cc(O)c1C(=O)c1c(O)ccc(Cl)c1O. The smallest absolute Gasteiger partial charge is 0.335 e. The van der Waals surface area contributed by atoms with Gasteiger partial charge in [0.1, 0.15) is 22.8 Å². The van der Waals surface area contributed by atoms with Gasteiger partial charge < -0.3 is 20.4 Å². The number of carboxylic acid groups (broad SMARTS) is 1. The first kappa shape index (κ1) is 16.3. The highest BCUT2D eigenvalue weighted by Gasteiger charge is 2.26. The Hall–Kier alpha value is -3.06. The van der Waals surface area contributed by atoms with Crippen LogP contribution in [0, 0.1) is 0 Å². The van der Waals surface area contributed by atoms with E-state index in [2.05, 4.69) is 0 Å². The average Bonchev–Trinajstić information content (AvgIpc) is 2.50. The minimum atomic E-state index is -1.41. The molecule has 0 heterocycles. The van der Waals surface area contributed by atoms with Crippen molar-refractivity contribution >= 4 is 29.6 Å². The number of hydrogen-bond donors (Lipinski definition) is 4. The summed E-state index contributed by atoms with van der Waals surface area (Å²) in [6.45, 7) is 0. The molecule has 0 aliphatic rings. The molecule has 0 spiro atoms. The first-order chi connectivity index (χ1) is 10.8. The largest absolute Gasteiger partial charge is 0.507 e. The standard InChI is InChI=1S/C15H9ClO7/c16-8-1-2-9(18)12(13(8)20)14(21)11-7(5-17)3-6(15(22)23)4-10(11)19/h1-5,18-20H,(H,22,23). The fraction of sp³-hybridized carbons (Fsp3) is 0. The van der Waals surface area contributed by atoms with Gasteiger partial charge in [0.15, 0.2) is 6.29 Å². The maximum absolute atomic E-state index is 12.5. The number of benzene rings is 2. The second-order valence-corrected chi connectivity index (χ2v) is 4.91. The van der Waals surface area contributed by atoms with E-state index in [1.165, 1.54) is 0 Å². The number of carbonyl (C=O) groups excluding carboxylic acids is 2. The molecule has 0 saturated carbocycles. The molecule has 118 valence electrons. The van der Waals surface area contributed by atoms with Crippen molar-refractivity contribution in [3.8, 4) is 17.2 Å². The van der Waals surface area contributed by atoms with Gasteiger partial charge in [0.05, 0.1) is 16.1 Å². The number of aldehydes is 1. The zero-order chi connectivity index (χ0) is 17.3. The van der Waals surface area contributed by atoms with Crippen LogP contribution in [-0.4, -0.2) is 38.5 Å². The fourth-order valence-electron chi connectivity index (χ4n) is 2.02. The molecule has 0 saturated heterocycles. The second-order valence-electron chi connectivity index (χ2n) is 4.50. The molecule has 0 bridgehead atoms. The molecular formula is C15H9ClO7. The third-order valence-corrected chi connectivity index (χ3v) is 3.39. The lowest BCUT2D eigenvalue weighted by molar-refractivity contribution is 0.0695. The first-order valence-electron chi connectivity index (χ1n) is 6.08. The van der Waals surface area contributed by atoms with Crippen LogP contribution in [0.2, 0.25) is 5.02 Å². The van der Waals surface area contributed by atoms with Gasteiger partial charge in [0.2, 0.25) is 5.78 Å². The summed E-state index contributed by atoms with van der Waals surface area (Å²) in [7, 11) is 0. The molecule has 7 nitrogen and oxygen atoms in total. The molecule has 0 unspecified atom stereocenters. The van der Waals surface area contributed by atoms with Crippen LogP contribution in [0.1, 0.15) is 36.6 Å². The van der Waals surface area contributed by atoms with Gasteiger partial charge in [-0.2, -0.15) is 0 Å². The Morgan fingerprint density at radius 2 is 1.65 bits per heavy atom. The summed E-state index contributed by atoms with van der Waals surface area (Å²) in [6, 6.07) is 3.87. The molecule has 0 amide bonds. The van der Waals surface area contributed by atoms with Gasteiger partial charge >= 0.3 is 5.97 Å². The number of phenols is 3. The molecule has 0 radical (unpaired) electrons. The number of rotatable bonds is 4. The Kier molecular flexibility index (Phi) is 4.24. The van der Waals surface area contributed by atoms with Crippen molar-refractivity contribution in [2.75, 3.05) is 0 Å². The van der Waals surface area contributed by atoms with E-state index >= 15 is 0 Å². The van der Waals surface area contributed by atoms with E-state index in [4.69, 9.17) is 16.7 Å². The average molecular weight is 337 g/mol. The van der Waals surface area contributed by atoms with Crippen molar-refractivity contribution in [3.63, 3.8) is 0 Å². The van der Waals surface area contributed by atoms with Crippen molar-refractivity contribution in [3.05, 3.63) is 51.5 Å². The van der Waals surface area contributed by atoms with Crippen LogP contribution in [0.3, 0.4) is 0 Å². The Bertz CT molecular complexity index is 842. The fourth-order valence-corrected chi connectivity index (χ4v) is 2.17. The zero-order valence-electron chi connectivity index (χ0n) is 11.3. The van der Waals surface area contributed by atoms with Crippen LogP contribution in [0.25, 0.3) is 0 Å². The van der Waals surface area contributed by atoms with Crippen molar-refractivity contribution in [2.45, 2.75) is 0 Å². The number of halogens is 1. The summed E-state index contributed by atoms with van der Waals surface area (Å²) in [5.74, 6) is -4.61. The minimum absolute atomic E-state index is 0.179. The summed E-state index contributed by atoms with van der Waals surface area (Å²) < 4.78 is 0. The number of carboxylic acids is 1. The molecule has 2 aromatic carbocycles. The van der Waals surface area contributed by atoms with Crippen molar-refractivity contribution < 1.29 is 34.8 Å². The number of ketones is 1. The maximum Gasteiger partial charge on any atom is 0.335 e. The van der Waals surface area contributed by atoms with Crippen LogP contribution >= 0.6 is 11.6 Å². The summed E-state index contributed by atoms with van der Waals surface area (Å²) in [5, 5.41) is 38.1. The quantitative estimate of drug-likeness (QED) is 0.497. The molecule has 4 N–H and O–H groups in total. The molecule has 0 aliphatic heterocycles. The number of carbonyl (C=O) groups is 3. The van der Waals surface area contributed by atoms with Gasteiger partial charge in [0.25, 0.3) is 0 Å². The normalized spacial score (nSPS) is 10.3. The lowest BCUT2D eigenvalue weighted by Crippen LogP contribution is -2.09. The zero-order valence-corrected chi connectivity index (χ0v) is 12.0. The predicted molar refractivity (Wildman–Crippen MR) is 78.7 cm³/mol. The first-order valence-corrected chi connectivity index (χ1v) is 6.46. The van der Waals surface area contributed by atoms with Gasteiger partial charge in [0, 0.05) is 5.56 Å². The van der Waals surface area contributed by atoms with E-state index in [-0.39, 0.29) is 11.3 Å². The van der Waals surface area contributed by atoms with Crippen LogP contribution in [0.4, 0.5) is 0 Å². The Morgan fingerprint density at radius 1 is 1.00 bits per heavy atom. The van der Waals surface area contributed by atoms with Gasteiger partial charge in [-0.3, -0.25) is 9.59 Å². The third-order valence-electron chi connectivity index (χ3n) is 3.08. The van der Waals surface area contributed by atoms with Gasteiger partial charge in [-0.05, 0) is 24.3 Å². The maximum atomic E-state index is 12.5. The van der Waals surface area contributed by atoms with Crippen LogP contribution in [0.15, 0.2) is 24.3 Å². The third kappa shape index (κ3) is 2.82. The molecule has 0 atom stereocenters. The number of phenolic OH excluding ortho intramolecular Hbond substituents is 3. The van der Waals surface area contributed by atoms with E-state index in [1.807, 2.05) is 0 Å². The van der Waals surface area contributed by atoms with E-state index in [0.29, 0.717) is 0 Å². The lowest BCUT2D eigenvalue weighted by atomic mass is 9.95. The molecule has 2 aromatic rings. The van der Waals surface area contributed by atoms with E-state index in [9.17, 15) is 29.7 Å².